The van der Waals surface area contributed by atoms with Crippen molar-refractivity contribution in [1.82, 2.24) is 5.32 Å². The van der Waals surface area contributed by atoms with Crippen LogP contribution in [0.25, 0.3) is 0 Å². The van der Waals surface area contributed by atoms with Crippen LogP contribution in [0, 0.1) is 5.92 Å². The van der Waals surface area contributed by atoms with Gasteiger partial charge in [0, 0.05) is 13.2 Å². The molecule has 1 N–H and O–H groups in total. The van der Waals surface area contributed by atoms with E-state index in [1.165, 1.54) is 19.4 Å². The molecule has 0 aliphatic heterocycles. The maximum Gasteiger partial charge on any atom is 0.0637 e. The third kappa shape index (κ3) is 4.63. The maximum absolute atomic E-state index is 5.39. The van der Waals surface area contributed by atoms with Crippen molar-refractivity contribution in [3.63, 3.8) is 0 Å². The van der Waals surface area contributed by atoms with Crippen LogP contribution in [0.2, 0.25) is 0 Å². The Morgan fingerprint density at radius 1 is 1.46 bits per heavy atom. The van der Waals surface area contributed by atoms with E-state index >= 15 is 0 Å². The standard InChI is InChI=1S/C11H23NO/c1-9(7-11(2,3)13-4)12-8-10-5-6-10/h9-10,12H,5-8H2,1-4H3/t9-/m0/s1. The van der Waals surface area contributed by atoms with Crippen LogP contribution in [0.1, 0.15) is 40.0 Å². The lowest BCUT2D eigenvalue weighted by molar-refractivity contribution is 0.00853. The zero-order chi connectivity index (χ0) is 9.90. The average Bonchev–Trinajstić information content (AvgIpc) is 2.83. The molecule has 0 spiro atoms. The maximum atomic E-state index is 5.39. The Balaban J connectivity index is 2.11. The Hall–Kier alpha value is -0.0800. The van der Waals surface area contributed by atoms with Crippen molar-refractivity contribution in [2.75, 3.05) is 13.7 Å². The molecule has 1 atom stereocenters. The van der Waals surface area contributed by atoms with Crippen LogP contribution in [0.4, 0.5) is 0 Å². The van der Waals surface area contributed by atoms with Gasteiger partial charge in [0.1, 0.15) is 0 Å². The molecule has 0 bridgehead atoms. The zero-order valence-corrected chi connectivity index (χ0v) is 9.39. The molecule has 1 rings (SSSR count). The summed E-state index contributed by atoms with van der Waals surface area (Å²) in [5, 5.41) is 3.55. The van der Waals surface area contributed by atoms with E-state index in [0.717, 1.165) is 12.3 Å². The molecule has 1 aliphatic rings. The Labute approximate surface area is 82.0 Å². The molecule has 0 unspecified atom stereocenters. The van der Waals surface area contributed by atoms with Crippen molar-refractivity contribution in [2.45, 2.75) is 51.7 Å². The number of methoxy groups -OCH3 is 1. The molecule has 2 heteroatoms. The van der Waals surface area contributed by atoms with Crippen molar-refractivity contribution in [1.29, 1.82) is 0 Å². The number of nitrogens with one attached hydrogen (secondary N) is 1. The highest BCUT2D eigenvalue weighted by atomic mass is 16.5. The quantitative estimate of drug-likeness (QED) is 0.685. The van der Waals surface area contributed by atoms with Gasteiger partial charge in [0.05, 0.1) is 5.60 Å². The summed E-state index contributed by atoms with van der Waals surface area (Å²) in [6, 6.07) is 0.565. The first-order chi connectivity index (χ1) is 6.03. The fraction of sp³-hybridized carbons (Fsp3) is 1.00. The largest absolute Gasteiger partial charge is 0.379 e. The van der Waals surface area contributed by atoms with Crippen LogP contribution in [-0.4, -0.2) is 25.3 Å². The van der Waals surface area contributed by atoms with Crippen LogP contribution in [-0.2, 0) is 4.74 Å². The number of ether oxygens (including phenoxy) is 1. The van der Waals surface area contributed by atoms with Gasteiger partial charge in [-0.05, 0) is 52.5 Å². The molecule has 1 fully saturated rings. The van der Waals surface area contributed by atoms with Crippen LogP contribution < -0.4 is 5.32 Å². The number of hydrogen-bond acceptors (Lipinski definition) is 2. The van der Waals surface area contributed by atoms with Gasteiger partial charge in [-0.2, -0.15) is 0 Å². The second-order valence-corrected chi connectivity index (χ2v) is 4.92. The van der Waals surface area contributed by atoms with Crippen molar-refractivity contribution >= 4 is 0 Å². The van der Waals surface area contributed by atoms with E-state index in [2.05, 4.69) is 26.1 Å². The predicted octanol–water partition coefficient (Wildman–Crippen LogP) is 2.19. The smallest absolute Gasteiger partial charge is 0.0637 e. The van der Waals surface area contributed by atoms with Gasteiger partial charge in [0.15, 0.2) is 0 Å². The molecular weight excluding hydrogens is 162 g/mol. The van der Waals surface area contributed by atoms with Crippen molar-refractivity contribution in [3.8, 4) is 0 Å². The highest BCUT2D eigenvalue weighted by Gasteiger charge is 2.24. The van der Waals surface area contributed by atoms with E-state index in [4.69, 9.17) is 4.74 Å². The van der Waals surface area contributed by atoms with Gasteiger partial charge in [-0.1, -0.05) is 0 Å². The van der Waals surface area contributed by atoms with Crippen molar-refractivity contribution < 1.29 is 4.74 Å². The lowest BCUT2D eigenvalue weighted by Gasteiger charge is -2.27. The molecule has 78 valence electrons. The molecule has 0 radical (unpaired) electrons. The summed E-state index contributed by atoms with van der Waals surface area (Å²) in [6.45, 7) is 7.72. The third-order valence-electron chi connectivity index (χ3n) is 2.80. The second kappa shape index (κ2) is 4.43. The van der Waals surface area contributed by atoms with Crippen LogP contribution >= 0.6 is 0 Å². The van der Waals surface area contributed by atoms with Gasteiger partial charge in [0.2, 0.25) is 0 Å². The third-order valence-corrected chi connectivity index (χ3v) is 2.80. The van der Waals surface area contributed by atoms with Gasteiger partial charge in [-0.3, -0.25) is 0 Å². The van der Waals surface area contributed by atoms with E-state index in [9.17, 15) is 0 Å². The van der Waals surface area contributed by atoms with E-state index in [0.29, 0.717) is 6.04 Å². The highest BCUT2D eigenvalue weighted by Crippen LogP contribution is 2.28. The minimum Gasteiger partial charge on any atom is -0.379 e. The Kier molecular flexibility index (Phi) is 3.74. The first-order valence-electron chi connectivity index (χ1n) is 5.32. The second-order valence-electron chi connectivity index (χ2n) is 4.92. The minimum absolute atomic E-state index is 0.00989. The molecule has 1 aliphatic carbocycles. The summed E-state index contributed by atoms with van der Waals surface area (Å²) in [5.41, 5.74) is 0.00989. The summed E-state index contributed by atoms with van der Waals surface area (Å²) in [6.07, 6.45) is 3.93. The fourth-order valence-electron chi connectivity index (χ4n) is 1.58. The van der Waals surface area contributed by atoms with E-state index in [-0.39, 0.29) is 5.60 Å². The SMILES string of the molecule is COC(C)(C)C[C@H](C)NCC1CC1. The van der Waals surface area contributed by atoms with Gasteiger partial charge >= 0.3 is 0 Å². The monoisotopic (exact) mass is 185 g/mol. The minimum atomic E-state index is 0.00989. The molecule has 0 saturated heterocycles. The van der Waals surface area contributed by atoms with Gasteiger partial charge in [-0.15, -0.1) is 0 Å². The van der Waals surface area contributed by atoms with Gasteiger partial charge < -0.3 is 10.1 Å². The number of hydrogen-bond donors (Lipinski definition) is 1. The summed E-state index contributed by atoms with van der Waals surface area (Å²) in [4.78, 5) is 0. The Morgan fingerprint density at radius 2 is 2.08 bits per heavy atom. The fourth-order valence-corrected chi connectivity index (χ4v) is 1.58. The summed E-state index contributed by atoms with van der Waals surface area (Å²) in [7, 11) is 1.79. The molecule has 2 nitrogen and oxygen atoms in total. The van der Waals surface area contributed by atoms with E-state index in [1.807, 2.05) is 0 Å². The molecule has 0 heterocycles. The average molecular weight is 185 g/mol. The van der Waals surface area contributed by atoms with E-state index < -0.39 is 0 Å². The lowest BCUT2D eigenvalue weighted by atomic mass is 10.00. The molecule has 1 saturated carbocycles. The molecule has 0 amide bonds. The molecule has 0 aromatic heterocycles. The van der Waals surface area contributed by atoms with Crippen molar-refractivity contribution in [3.05, 3.63) is 0 Å². The van der Waals surface area contributed by atoms with Crippen LogP contribution in [0.15, 0.2) is 0 Å². The van der Waals surface area contributed by atoms with Crippen LogP contribution in [0.5, 0.6) is 0 Å². The molecule has 0 aromatic carbocycles. The molecular formula is C11H23NO. The van der Waals surface area contributed by atoms with E-state index in [1.54, 1.807) is 7.11 Å². The normalized spacial score (nSPS) is 20.3. The van der Waals surface area contributed by atoms with Crippen molar-refractivity contribution in [2.24, 2.45) is 5.92 Å². The lowest BCUT2D eigenvalue weighted by Crippen LogP contribution is -2.36. The highest BCUT2D eigenvalue weighted by molar-refractivity contribution is 4.80. The first-order valence-corrected chi connectivity index (χ1v) is 5.32. The zero-order valence-electron chi connectivity index (χ0n) is 9.39. The number of rotatable bonds is 6. The topological polar surface area (TPSA) is 21.3 Å². The summed E-state index contributed by atoms with van der Waals surface area (Å²) in [5.74, 6) is 0.966. The molecule has 0 aromatic rings. The Bertz CT molecular complexity index is 152. The Morgan fingerprint density at radius 3 is 2.54 bits per heavy atom. The van der Waals surface area contributed by atoms with Gasteiger partial charge in [0.25, 0.3) is 0 Å². The summed E-state index contributed by atoms with van der Waals surface area (Å²) < 4.78 is 5.39. The predicted molar refractivity (Wildman–Crippen MR) is 55.9 cm³/mol. The van der Waals surface area contributed by atoms with Crippen LogP contribution in [0.3, 0.4) is 0 Å². The molecule has 13 heavy (non-hydrogen) atoms. The first kappa shape index (κ1) is 11.0. The summed E-state index contributed by atoms with van der Waals surface area (Å²) >= 11 is 0. The van der Waals surface area contributed by atoms with Gasteiger partial charge in [-0.25, -0.2) is 0 Å².